The monoisotopic (exact) mass is 883 g/mol. The first-order chi connectivity index (χ1) is 24.7. The summed E-state index contributed by atoms with van der Waals surface area (Å²) in [5, 5.41) is 19.6. The highest BCUT2D eigenvalue weighted by Gasteiger charge is 2.32. The number of aliphatic hydroxyl groups is 1. The number of hydrogen-bond donors (Lipinski definition) is 1. The van der Waals surface area contributed by atoms with Crippen LogP contribution in [0.5, 0.6) is 23.0 Å². The van der Waals surface area contributed by atoms with Gasteiger partial charge in [0.25, 0.3) is 0 Å². The van der Waals surface area contributed by atoms with Crippen molar-refractivity contribution in [2.45, 2.75) is 48.3 Å². The Bertz CT molecular complexity index is 2230. The number of nitrogens with zero attached hydrogens (tertiary/aromatic N) is 1. The molecule has 53 heavy (non-hydrogen) atoms. The molecular weight excluding hydrogens is 857 g/mol. The minimum absolute atomic E-state index is 0.00970. The zero-order chi connectivity index (χ0) is 39.8. The van der Waals surface area contributed by atoms with Crippen molar-refractivity contribution >= 4 is 64.8 Å². The maximum absolute atomic E-state index is 13.6. The summed E-state index contributed by atoms with van der Waals surface area (Å²) in [7, 11) is -8.63. The van der Waals surface area contributed by atoms with E-state index in [1.807, 2.05) is 0 Å². The van der Waals surface area contributed by atoms with Gasteiger partial charge in [0.15, 0.2) is 9.84 Å². The predicted molar refractivity (Wildman–Crippen MR) is 190 cm³/mol. The van der Waals surface area contributed by atoms with Crippen LogP contribution in [0.2, 0.25) is 10.0 Å². The third-order valence-corrected chi connectivity index (χ3v) is 10.7. The van der Waals surface area contributed by atoms with Gasteiger partial charge in [-0.1, -0.05) is 23.2 Å². The summed E-state index contributed by atoms with van der Waals surface area (Å²) >= 11 is 14.8. The van der Waals surface area contributed by atoms with Crippen molar-refractivity contribution in [3.05, 3.63) is 104 Å². The van der Waals surface area contributed by atoms with Gasteiger partial charge in [-0.2, -0.15) is 14.0 Å². The summed E-state index contributed by atoms with van der Waals surface area (Å²) < 4.78 is 117. The second-order valence-corrected chi connectivity index (χ2v) is 16.3. The summed E-state index contributed by atoms with van der Waals surface area (Å²) in [6.45, 7) is 3.11. The van der Waals surface area contributed by atoms with Crippen LogP contribution in [0.25, 0.3) is 0 Å². The van der Waals surface area contributed by atoms with Crippen molar-refractivity contribution < 1.29 is 58.5 Å². The molecule has 0 amide bonds. The second-order valence-electron chi connectivity index (χ2n) is 10.8. The summed E-state index contributed by atoms with van der Waals surface area (Å²) in [5.74, 6) is -5.50. The van der Waals surface area contributed by atoms with Crippen LogP contribution in [0.1, 0.15) is 43.1 Å². The smallest absolute Gasteiger partial charge is 0.341 e. The number of carbonyl (C=O) groups excluding carboxylic acids is 1. The number of rotatable bonds is 12. The van der Waals surface area contributed by atoms with Crippen molar-refractivity contribution in [3.63, 3.8) is 0 Å². The Morgan fingerprint density at radius 2 is 1.42 bits per heavy atom. The van der Waals surface area contributed by atoms with Crippen LogP contribution >= 0.6 is 39.1 Å². The molecule has 0 saturated heterocycles. The topological polar surface area (TPSA) is 157 Å². The molecular formula is C34H28BrCl2F4NO9S2. The molecule has 0 fully saturated rings. The number of halogens is 7. The third-order valence-electron chi connectivity index (χ3n) is 6.82. The molecule has 19 heteroatoms. The summed E-state index contributed by atoms with van der Waals surface area (Å²) in [4.78, 5) is 10.8. The molecule has 1 N–H and O–H groups in total. The van der Waals surface area contributed by atoms with E-state index in [0.29, 0.717) is 0 Å². The van der Waals surface area contributed by atoms with E-state index in [1.165, 1.54) is 31.2 Å². The van der Waals surface area contributed by atoms with E-state index in [1.54, 1.807) is 13.0 Å². The summed E-state index contributed by atoms with van der Waals surface area (Å²) in [6.07, 6.45) is -0.518. The fourth-order valence-electron chi connectivity index (χ4n) is 4.64. The van der Waals surface area contributed by atoms with Crippen LogP contribution in [0, 0.1) is 23.0 Å². The fraction of sp³-hybridized carbons (Fsp3) is 0.235. The zero-order valence-electron chi connectivity index (χ0n) is 27.7. The molecule has 4 aromatic rings. The number of aliphatic hydroxyl groups excluding tert-OH is 1. The lowest BCUT2D eigenvalue weighted by atomic mass is 10.0. The number of benzene rings is 4. The van der Waals surface area contributed by atoms with Crippen molar-refractivity contribution in [2.24, 2.45) is 0 Å². The molecule has 0 saturated carbocycles. The van der Waals surface area contributed by atoms with Gasteiger partial charge in [-0.05, 0) is 84.7 Å². The lowest BCUT2D eigenvalue weighted by Gasteiger charge is -2.16. The molecule has 1 unspecified atom stereocenters. The third kappa shape index (κ3) is 11.5. The van der Waals surface area contributed by atoms with Gasteiger partial charge in [0.2, 0.25) is 9.84 Å². The molecule has 0 bridgehead atoms. The largest absolute Gasteiger partial charge is 0.466 e. The van der Waals surface area contributed by atoms with Crippen LogP contribution < -0.4 is 9.47 Å². The van der Waals surface area contributed by atoms with Crippen molar-refractivity contribution in [3.8, 4) is 29.1 Å². The van der Waals surface area contributed by atoms with Crippen LogP contribution in [-0.2, 0) is 35.6 Å². The van der Waals surface area contributed by atoms with E-state index < -0.39 is 59.6 Å². The Morgan fingerprint density at radius 3 is 1.87 bits per heavy atom. The van der Waals surface area contributed by atoms with Gasteiger partial charge in [-0.3, -0.25) is 4.79 Å². The van der Waals surface area contributed by atoms with Gasteiger partial charge in [0.1, 0.15) is 40.7 Å². The highest BCUT2D eigenvalue weighted by Crippen LogP contribution is 2.40. The Balaban J connectivity index is 0.000000295. The predicted octanol–water partition coefficient (Wildman–Crippen LogP) is 9.13. The number of sulfone groups is 2. The van der Waals surface area contributed by atoms with E-state index >= 15 is 0 Å². The maximum atomic E-state index is 13.6. The van der Waals surface area contributed by atoms with Crippen LogP contribution in [0.3, 0.4) is 0 Å². The molecule has 4 aromatic carbocycles. The molecule has 0 radical (unpaired) electrons. The van der Waals surface area contributed by atoms with Crippen molar-refractivity contribution in [1.29, 1.82) is 5.26 Å². The molecule has 0 spiro atoms. The van der Waals surface area contributed by atoms with Gasteiger partial charge >= 0.3 is 11.7 Å². The Labute approximate surface area is 320 Å². The van der Waals surface area contributed by atoms with Gasteiger partial charge in [-0.25, -0.2) is 25.6 Å². The molecule has 0 aromatic heterocycles. The van der Waals surface area contributed by atoms with Crippen molar-refractivity contribution in [1.82, 2.24) is 0 Å². The highest BCUT2D eigenvalue weighted by atomic mass is 79.9. The van der Waals surface area contributed by atoms with Gasteiger partial charge < -0.3 is 19.3 Å². The number of ether oxygens (including phenoxy) is 3. The number of esters is 1. The first-order valence-electron chi connectivity index (χ1n) is 14.9. The minimum atomic E-state index is -5.10. The van der Waals surface area contributed by atoms with Gasteiger partial charge in [-0.15, -0.1) is 0 Å². The first kappa shape index (κ1) is 43.5. The van der Waals surface area contributed by atoms with E-state index in [2.05, 4.69) is 15.9 Å². The first-order valence-corrected chi connectivity index (χ1v) is 19.9. The Kier molecular flexibility index (Phi) is 15.1. The Morgan fingerprint density at radius 1 is 0.906 bits per heavy atom. The van der Waals surface area contributed by atoms with E-state index in [0.717, 1.165) is 42.7 Å². The number of nitriles is 1. The highest BCUT2D eigenvalue weighted by molar-refractivity contribution is 9.10. The molecule has 4 rings (SSSR count). The van der Waals surface area contributed by atoms with E-state index in [-0.39, 0.29) is 73.0 Å². The van der Waals surface area contributed by atoms with Crippen molar-refractivity contribution in [2.75, 3.05) is 12.9 Å². The molecule has 1 atom stereocenters. The summed E-state index contributed by atoms with van der Waals surface area (Å²) in [5.41, 5.74) is -0.542. The van der Waals surface area contributed by atoms with Crippen LogP contribution in [-0.4, -0.2) is 46.5 Å². The van der Waals surface area contributed by atoms with E-state index in [4.69, 9.17) is 37.4 Å². The molecule has 0 heterocycles. The average Bonchev–Trinajstić information content (AvgIpc) is 3.03. The SMILES string of the molecule is CC(O)c1c(S(C)(=O)=O)ccc(Oc2cc(F)cc(Cl)c2)c1Br.CCOC(=O)CCc1c(Oc2cc(F)cc(Cl)c2)ccc(S(=O)(=O)C(F)F)c1C#N. The molecule has 284 valence electrons. The van der Waals surface area contributed by atoms with E-state index in [9.17, 15) is 49.6 Å². The number of hydrogen-bond acceptors (Lipinski definition) is 10. The normalized spacial score (nSPS) is 12.0. The molecule has 0 aliphatic heterocycles. The molecule has 0 aliphatic rings. The second kappa shape index (κ2) is 18.4. The number of alkyl halides is 2. The summed E-state index contributed by atoms with van der Waals surface area (Å²) in [6, 6.07) is 13.2. The zero-order valence-corrected chi connectivity index (χ0v) is 32.4. The van der Waals surface area contributed by atoms with Gasteiger partial charge in [0.05, 0.1) is 32.5 Å². The minimum Gasteiger partial charge on any atom is -0.466 e. The lowest BCUT2D eigenvalue weighted by Crippen LogP contribution is -2.15. The Hall–Kier alpha value is -3.92. The molecule has 0 aliphatic carbocycles. The maximum Gasteiger partial charge on any atom is 0.341 e. The number of carbonyl (C=O) groups is 1. The standard InChI is InChI=1S/C19H15ClF3NO5S.C15H13BrClFO4S/c1-2-28-18(25)6-3-14-15(10-24)17(30(26,27)19(22)23)5-4-16(14)29-13-8-11(20)7-12(21)9-13;1-8(19)14-13(23(2,20)21)4-3-12(15(14)16)22-11-6-9(17)5-10(18)7-11/h4-5,7-9,19H,2-3,6H2,1H3;3-8,19H,1-2H3. The molecule has 10 nitrogen and oxygen atoms in total. The van der Waals surface area contributed by atoms with Crippen LogP contribution in [0.15, 0.2) is 74.9 Å². The fourth-order valence-corrected chi connectivity index (χ4v) is 7.85. The quantitative estimate of drug-likeness (QED) is 0.108. The van der Waals surface area contributed by atoms with Crippen LogP contribution in [0.4, 0.5) is 17.6 Å². The average molecular weight is 886 g/mol. The lowest BCUT2D eigenvalue weighted by molar-refractivity contribution is -0.143. The van der Waals surface area contributed by atoms with Gasteiger partial charge in [0, 0.05) is 46.0 Å².